The summed E-state index contributed by atoms with van der Waals surface area (Å²) >= 11 is 9.60. The molecule has 2 aromatic carbocycles. The quantitative estimate of drug-likeness (QED) is 0.270. The zero-order chi connectivity index (χ0) is 32.0. The summed E-state index contributed by atoms with van der Waals surface area (Å²) in [6, 6.07) is 7.66. The molecule has 2 bridgehead atoms. The third kappa shape index (κ3) is 6.95. The summed E-state index contributed by atoms with van der Waals surface area (Å²) in [6.45, 7) is 6.67. The highest BCUT2D eigenvalue weighted by molar-refractivity contribution is 9.10. The summed E-state index contributed by atoms with van der Waals surface area (Å²) in [6.07, 6.45) is 2.21. The normalized spacial score (nSPS) is 21.1. The monoisotopic (exact) mass is 710 g/mol. The maximum Gasteiger partial charge on any atom is 0.408 e. The molecule has 44 heavy (non-hydrogen) atoms. The van der Waals surface area contributed by atoms with Gasteiger partial charge in [0, 0.05) is 36.1 Å². The van der Waals surface area contributed by atoms with Crippen LogP contribution < -0.4 is 5.32 Å². The minimum absolute atomic E-state index is 0.0492. The molecule has 0 spiro atoms. The lowest BCUT2D eigenvalue weighted by atomic mass is 10.0. The van der Waals surface area contributed by atoms with E-state index in [-0.39, 0.29) is 22.0 Å². The van der Waals surface area contributed by atoms with Gasteiger partial charge in [0.15, 0.2) is 0 Å². The number of hydrogen-bond donors (Lipinski definition) is 2. The van der Waals surface area contributed by atoms with Crippen LogP contribution in [0.15, 0.2) is 52.0 Å². The van der Waals surface area contributed by atoms with E-state index in [0.29, 0.717) is 52.8 Å². The van der Waals surface area contributed by atoms with Gasteiger partial charge in [-0.05, 0) is 86.8 Å². The van der Waals surface area contributed by atoms with Crippen LogP contribution in [0.1, 0.15) is 53.4 Å². The van der Waals surface area contributed by atoms with Gasteiger partial charge in [0.2, 0.25) is 10.0 Å². The van der Waals surface area contributed by atoms with Crippen molar-refractivity contribution in [2.75, 3.05) is 0 Å². The maximum absolute atomic E-state index is 14.1. The summed E-state index contributed by atoms with van der Waals surface area (Å²) in [7, 11) is -4.03. The Morgan fingerprint density at radius 2 is 1.80 bits per heavy atom. The molecular weight excluding hydrogens is 679 g/mol. The number of rotatable bonds is 7. The average molecular weight is 712 g/mol. The van der Waals surface area contributed by atoms with Gasteiger partial charge in [-0.3, -0.25) is 0 Å². The number of alkyl carbamates (subject to hydrolysis) is 1. The summed E-state index contributed by atoms with van der Waals surface area (Å²) in [5.41, 5.74) is 0.937. The van der Waals surface area contributed by atoms with E-state index in [1.165, 1.54) is 29.4 Å². The Bertz CT molecular complexity index is 1680. The van der Waals surface area contributed by atoms with E-state index in [4.69, 9.17) is 21.1 Å². The molecule has 2 aliphatic rings. The Kier molecular flexibility index (Phi) is 9.14. The Morgan fingerprint density at radius 1 is 1.14 bits per heavy atom. The van der Waals surface area contributed by atoms with Gasteiger partial charge in [-0.2, -0.15) is 4.31 Å². The van der Waals surface area contributed by atoms with E-state index in [1.807, 2.05) is 0 Å². The minimum atomic E-state index is -4.03. The first-order valence-corrected chi connectivity index (χ1v) is 16.8. The first-order chi connectivity index (χ1) is 20.6. The Hall–Kier alpha value is -3.00. The van der Waals surface area contributed by atoms with Crippen LogP contribution in [0.25, 0.3) is 22.6 Å². The third-order valence-corrected chi connectivity index (χ3v) is 10.7. The number of hydrogen-bond acceptors (Lipinski definition) is 7. The number of aromatic nitrogens is 2. The van der Waals surface area contributed by atoms with Crippen molar-refractivity contribution in [2.24, 2.45) is 0 Å². The molecule has 5 rings (SSSR count). The van der Waals surface area contributed by atoms with Crippen molar-refractivity contribution in [3.63, 3.8) is 0 Å². The molecule has 3 heterocycles. The third-order valence-electron chi connectivity index (χ3n) is 7.56. The number of sulfonamides is 1. The zero-order valence-corrected chi connectivity index (χ0v) is 27.7. The van der Waals surface area contributed by atoms with Crippen LogP contribution >= 0.6 is 27.5 Å². The highest BCUT2D eigenvalue weighted by Gasteiger charge is 2.49. The fourth-order valence-corrected chi connectivity index (χ4v) is 8.26. The lowest BCUT2D eigenvalue weighted by molar-refractivity contribution is -0.153. The van der Waals surface area contributed by atoms with Gasteiger partial charge in [0.05, 0.1) is 21.4 Å². The van der Waals surface area contributed by atoms with Gasteiger partial charge in [0.25, 0.3) is 0 Å². The van der Waals surface area contributed by atoms with Crippen LogP contribution in [0, 0.1) is 5.82 Å². The number of ether oxygens (including phenoxy) is 2. The second-order valence-corrected chi connectivity index (χ2v) is 15.1. The van der Waals surface area contributed by atoms with E-state index in [0.717, 1.165) is 0 Å². The molecule has 10 nitrogen and oxygen atoms in total. The van der Waals surface area contributed by atoms with Crippen molar-refractivity contribution >= 4 is 49.6 Å². The van der Waals surface area contributed by atoms with Crippen LogP contribution in [0.5, 0.6) is 0 Å². The number of fused-ring (bicyclic) bond motifs is 2. The molecule has 14 heteroatoms. The number of H-pyrrole nitrogens is 1. The number of halogens is 3. The predicted octanol–water partition coefficient (Wildman–Crippen LogP) is 6.44. The number of carbonyl (C=O) groups excluding carboxylic acids is 2. The van der Waals surface area contributed by atoms with E-state index >= 15 is 0 Å². The molecule has 1 aromatic heterocycles. The molecule has 3 atom stereocenters. The molecule has 1 amide bonds. The highest BCUT2D eigenvalue weighted by Crippen LogP contribution is 2.42. The first kappa shape index (κ1) is 32.4. The molecule has 3 aromatic rings. The van der Waals surface area contributed by atoms with E-state index < -0.39 is 45.6 Å². The van der Waals surface area contributed by atoms with Crippen LogP contribution in [0.4, 0.5) is 9.18 Å². The molecular formula is C30H33BrClFN4O6S. The van der Waals surface area contributed by atoms with Crippen LogP contribution in [0.3, 0.4) is 0 Å². The molecule has 2 fully saturated rings. The largest absolute Gasteiger partial charge is 0.461 e. The zero-order valence-electron chi connectivity index (χ0n) is 24.6. The topological polar surface area (TPSA) is 131 Å². The number of aromatic amines is 1. The lowest BCUT2D eigenvalue weighted by Gasteiger charge is -2.37. The smallest absolute Gasteiger partial charge is 0.408 e. The second kappa shape index (κ2) is 12.4. The lowest BCUT2D eigenvalue weighted by Crippen LogP contribution is -2.50. The van der Waals surface area contributed by atoms with Gasteiger partial charge >= 0.3 is 12.1 Å². The summed E-state index contributed by atoms with van der Waals surface area (Å²) < 4.78 is 54.8. The number of piperidine rings is 1. The van der Waals surface area contributed by atoms with E-state index in [2.05, 4.69) is 31.2 Å². The molecule has 236 valence electrons. The molecule has 0 saturated carbocycles. The number of amides is 1. The molecule has 2 saturated heterocycles. The first-order valence-electron chi connectivity index (χ1n) is 14.2. The predicted molar refractivity (Wildman–Crippen MR) is 166 cm³/mol. The minimum Gasteiger partial charge on any atom is -0.461 e. The van der Waals surface area contributed by atoms with Crippen molar-refractivity contribution in [1.29, 1.82) is 0 Å². The van der Waals surface area contributed by atoms with Crippen molar-refractivity contribution in [3.05, 3.63) is 57.9 Å². The fourth-order valence-electron chi connectivity index (χ4n) is 5.62. The Balaban J connectivity index is 1.29. The highest BCUT2D eigenvalue weighted by atomic mass is 79.9. The van der Waals surface area contributed by atoms with E-state index in [1.54, 1.807) is 45.2 Å². The van der Waals surface area contributed by atoms with Gasteiger partial charge < -0.3 is 19.8 Å². The molecule has 2 N–H and O–H groups in total. The second-order valence-electron chi connectivity index (χ2n) is 12.0. The van der Waals surface area contributed by atoms with Crippen LogP contribution in [-0.4, -0.2) is 64.6 Å². The van der Waals surface area contributed by atoms with Crippen molar-refractivity contribution in [2.45, 2.75) is 88.1 Å². The van der Waals surface area contributed by atoms with Gasteiger partial charge in [-0.1, -0.05) is 17.7 Å². The van der Waals surface area contributed by atoms with Crippen molar-refractivity contribution in [3.8, 4) is 22.6 Å². The number of benzene rings is 2. The molecule has 2 unspecified atom stereocenters. The molecule has 0 radical (unpaired) electrons. The van der Waals surface area contributed by atoms with Crippen LogP contribution in [0.2, 0.25) is 5.02 Å². The standard InChI is InChI=1S/C30H33BrClFN4O6S/c1-16(35-29(39)43-30(2,3)4)28(38)42-21-13-19-7-8-20(14-21)37(19)44(40,41)26-12-18(6-10-23(26)32)27-34-15-25(36-27)17-5-9-22(31)24(33)11-17/h5-6,9-12,15-16,19-21H,7-8,13-14H2,1-4H3,(H,34,36)(H,35,39)/t16-,19?,20?,21?/m0/s1. The average Bonchev–Trinajstić information content (AvgIpc) is 3.53. The van der Waals surface area contributed by atoms with Gasteiger partial charge in [0.1, 0.15) is 34.3 Å². The number of nitrogens with one attached hydrogen (secondary N) is 2. The summed E-state index contributed by atoms with van der Waals surface area (Å²) in [4.78, 5) is 32.2. The SMILES string of the molecule is C[C@H](NC(=O)OC(C)(C)C)C(=O)OC1CC2CCC(C1)N2S(=O)(=O)c1cc(-c2ncc(-c3ccc(Br)c(F)c3)[nH]2)ccc1Cl. The number of imidazole rings is 1. The number of esters is 1. The van der Waals surface area contributed by atoms with Gasteiger partial charge in [-0.25, -0.2) is 27.4 Å². The Morgan fingerprint density at radius 3 is 2.43 bits per heavy atom. The summed E-state index contributed by atoms with van der Waals surface area (Å²) in [5.74, 6) is -0.631. The number of nitrogens with zero attached hydrogens (tertiary/aromatic N) is 2. The van der Waals surface area contributed by atoms with Crippen LogP contribution in [-0.2, 0) is 24.3 Å². The summed E-state index contributed by atoms with van der Waals surface area (Å²) in [5, 5.41) is 2.55. The molecule has 2 aliphatic heterocycles. The number of carbonyl (C=O) groups is 2. The van der Waals surface area contributed by atoms with Crippen molar-refractivity contribution in [1.82, 2.24) is 19.6 Å². The molecule has 0 aliphatic carbocycles. The fraction of sp³-hybridized carbons (Fsp3) is 0.433. The Labute approximate surface area is 268 Å². The van der Waals surface area contributed by atoms with Gasteiger partial charge in [-0.15, -0.1) is 0 Å². The maximum atomic E-state index is 14.1. The van der Waals surface area contributed by atoms with Crippen molar-refractivity contribution < 1.29 is 31.9 Å². The van der Waals surface area contributed by atoms with E-state index in [9.17, 15) is 22.4 Å².